The largest absolute Gasteiger partial charge is 0.475 e. The zero-order valence-corrected chi connectivity index (χ0v) is 20.6. The maximum Gasteiger partial charge on any atom is 0.371 e. The Bertz CT molecular complexity index is 1600. The second kappa shape index (κ2) is 10.00. The Labute approximate surface area is 219 Å². The first-order chi connectivity index (χ1) is 17.8. The first-order valence-corrected chi connectivity index (χ1v) is 12.2. The number of carbonyl (C=O) groups excluding carboxylic acids is 3. The van der Waals surface area contributed by atoms with Crippen LogP contribution in [0.5, 0.6) is 0 Å². The van der Waals surface area contributed by atoms with Gasteiger partial charge in [-0.25, -0.2) is 4.79 Å². The number of carboxylic acid groups (broad SMARTS) is 1. The monoisotopic (exact) mass is 535 g/mol. The number of fused-ring (bicyclic) bond motifs is 1. The van der Waals surface area contributed by atoms with Crippen LogP contribution in [0.4, 0.5) is 10.5 Å². The molecular weight excluding hydrogens is 518 g/mol. The Morgan fingerprint density at radius 3 is 2.65 bits per heavy atom. The van der Waals surface area contributed by atoms with Crippen LogP contribution in [0.15, 0.2) is 76.2 Å². The number of anilines is 1. The third kappa shape index (κ3) is 5.16. The molecule has 2 aromatic heterocycles. The molecule has 0 spiro atoms. The fourth-order valence-electron chi connectivity index (χ4n) is 3.95. The van der Waals surface area contributed by atoms with Crippen molar-refractivity contribution in [1.82, 2.24) is 9.47 Å². The van der Waals surface area contributed by atoms with Gasteiger partial charge in [0.1, 0.15) is 12.3 Å². The molecule has 2 aromatic carbocycles. The summed E-state index contributed by atoms with van der Waals surface area (Å²) in [4.78, 5) is 50.2. The average molecular weight is 536 g/mol. The maximum absolute atomic E-state index is 13.0. The number of nitrogens with one attached hydrogen (secondary N) is 1. The predicted molar refractivity (Wildman–Crippen MR) is 139 cm³/mol. The molecule has 0 radical (unpaired) electrons. The quantitative estimate of drug-likeness (QED) is 0.307. The molecule has 0 saturated carbocycles. The van der Waals surface area contributed by atoms with Gasteiger partial charge >= 0.3 is 5.97 Å². The fourth-order valence-corrected chi connectivity index (χ4v) is 4.97. The molecule has 3 amide bonds. The van der Waals surface area contributed by atoms with Crippen molar-refractivity contribution in [3.63, 3.8) is 0 Å². The number of para-hydroxylation sites is 1. The number of thioether (sulfide) groups is 1. The van der Waals surface area contributed by atoms with E-state index in [0.29, 0.717) is 22.0 Å². The number of hydrogen-bond donors (Lipinski definition) is 2. The smallest absolute Gasteiger partial charge is 0.371 e. The van der Waals surface area contributed by atoms with Gasteiger partial charge in [0.2, 0.25) is 11.7 Å². The molecular formula is C26H18ClN3O6S. The van der Waals surface area contributed by atoms with E-state index in [1.807, 2.05) is 28.8 Å². The Hall–Kier alpha value is -4.28. The molecule has 0 unspecified atom stereocenters. The van der Waals surface area contributed by atoms with Gasteiger partial charge in [-0.05, 0) is 54.2 Å². The minimum Gasteiger partial charge on any atom is -0.475 e. The Balaban J connectivity index is 1.37. The molecule has 186 valence electrons. The molecule has 1 fully saturated rings. The van der Waals surface area contributed by atoms with E-state index < -0.39 is 29.6 Å². The van der Waals surface area contributed by atoms with Crippen molar-refractivity contribution in [2.45, 2.75) is 6.54 Å². The van der Waals surface area contributed by atoms with Crippen molar-refractivity contribution < 1.29 is 28.7 Å². The van der Waals surface area contributed by atoms with Crippen LogP contribution in [0.3, 0.4) is 0 Å². The van der Waals surface area contributed by atoms with Crippen LogP contribution in [0.2, 0.25) is 5.02 Å². The van der Waals surface area contributed by atoms with Gasteiger partial charge in [-0.3, -0.25) is 19.3 Å². The molecule has 4 aromatic rings. The standard InChI is InChI=1S/C26H18ClN3O6S/c27-16-4-3-5-17(11-16)28-23(31)14-30-24(32)22(37-26(30)35)10-15-12-29(20-7-2-1-6-19(15)20)13-18-8-9-21(36-18)25(33)34/h1-12H,13-14H2,(H,28,31)(H,33,34)/b22-10-. The van der Waals surface area contributed by atoms with Crippen molar-refractivity contribution in [1.29, 1.82) is 0 Å². The lowest BCUT2D eigenvalue weighted by Gasteiger charge is -2.12. The van der Waals surface area contributed by atoms with E-state index in [-0.39, 0.29) is 17.2 Å². The Morgan fingerprint density at radius 1 is 1.08 bits per heavy atom. The first-order valence-electron chi connectivity index (χ1n) is 11.0. The number of carbonyl (C=O) groups is 4. The maximum atomic E-state index is 13.0. The molecule has 0 aliphatic carbocycles. The van der Waals surface area contributed by atoms with E-state index >= 15 is 0 Å². The number of nitrogens with zero attached hydrogens (tertiary/aromatic N) is 2. The summed E-state index contributed by atoms with van der Waals surface area (Å²) < 4.78 is 7.25. The highest BCUT2D eigenvalue weighted by atomic mass is 35.5. The zero-order chi connectivity index (χ0) is 26.1. The van der Waals surface area contributed by atoms with Crippen LogP contribution in [0, 0.1) is 0 Å². The Kier molecular flexibility index (Phi) is 6.60. The molecule has 0 atom stereocenters. The number of halogens is 1. The summed E-state index contributed by atoms with van der Waals surface area (Å²) in [5.74, 6) is -1.94. The van der Waals surface area contributed by atoms with Gasteiger partial charge in [0.15, 0.2) is 0 Å². The molecule has 0 bridgehead atoms. The van der Waals surface area contributed by atoms with Gasteiger partial charge in [-0.2, -0.15) is 0 Å². The number of aromatic carboxylic acids is 1. The van der Waals surface area contributed by atoms with Gasteiger partial charge in [-0.15, -0.1) is 0 Å². The second-order valence-corrected chi connectivity index (χ2v) is 9.56. The van der Waals surface area contributed by atoms with Gasteiger partial charge in [0, 0.05) is 33.4 Å². The Morgan fingerprint density at radius 2 is 1.89 bits per heavy atom. The van der Waals surface area contributed by atoms with Crippen molar-refractivity contribution in [2.24, 2.45) is 0 Å². The number of rotatable bonds is 7. The number of amides is 3. The number of furan rings is 1. The molecule has 5 rings (SSSR count). The zero-order valence-electron chi connectivity index (χ0n) is 19.0. The molecule has 1 saturated heterocycles. The van der Waals surface area contributed by atoms with Crippen molar-refractivity contribution >= 4 is 69.1 Å². The van der Waals surface area contributed by atoms with E-state index in [1.165, 1.54) is 6.07 Å². The van der Waals surface area contributed by atoms with E-state index in [4.69, 9.17) is 21.1 Å². The van der Waals surface area contributed by atoms with Crippen LogP contribution in [0.25, 0.3) is 17.0 Å². The summed E-state index contributed by atoms with van der Waals surface area (Å²) in [7, 11) is 0. The summed E-state index contributed by atoms with van der Waals surface area (Å²) in [5, 5.41) is 12.5. The number of hydrogen-bond acceptors (Lipinski definition) is 6. The minimum atomic E-state index is -1.15. The minimum absolute atomic E-state index is 0.153. The van der Waals surface area contributed by atoms with Crippen LogP contribution < -0.4 is 5.32 Å². The summed E-state index contributed by atoms with van der Waals surface area (Å²) in [5.41, 5.74) is 1.98. The summed E-state index contributed by atoms with van der Waals surface area (Å²) in [6.45, 7) is -0.159. The van der Waals surface area contributed by atoms with Gasteiger partial charge in [-0.1, -0.05) is 35.9 Å². The number of carboxylic acids is 1. The second-order valence-electron chi connectivity index (χ2n) is 8.13. The van der Waals surface area contributed by atoms with Crippen LogP contribution in [-0.2, 0) is 16.1 Å². The highest BCUT2D eigenvalue weighted by molar-refractivity contribution is 8.18. The first kappa shape index (κ1) is 24.4. The van der Waals surface area contributed by atoms with E-state index in [9.17, 15) is 19.2 Å². The number of imide groups is 1. The molecule has 9 nitrogen and oxygen atoms in total. The number of aromatic nitrogens is 1. The fraction of sp³-hybridized carbons (Fsp3) is 0.0769. The average Bonchev–Trinajstić information content (AvgIpc) is 3.53. The van der Waals surface area contributed by atoms with Gasteiger partial charge < -0.3 is 19.4 Å². The molecule has 37 heavy (non-hydrogen) atoms. The third-order valence-electron chi connectivity index (χ3n) is 5.59. The molecule has 3 heterocycles. The lowest BCUT2D eigenvalue weighted by atomic mass is 10.1. The lowest BCUT2D eigenvalue weighted by Crippen LogP contribution is -2.36. The highest BCUT2D eigenvalue weighted by Crippen LogP contribution is 2.34. The topological polar surface area (TPSA) is 122 Å². The van der Waals surface area contributed by atoms with E-state index in [2.05, 4.69) is 5.32 Å². The molecule has 11 heteroatoms. The summed E-state index contributed by atoms with van der Waals surface area (Å²) in [6, 6.07) is 17.0. The normalized spacial score (nSPS) is 14.6. The summed E-state index contributed by atoms with van der Waals surface area (Å²) in [6.07, 6.45) is 3.41. The van der Waals surface area contributed by atoms with Crippen LogP contribution in [0.1, 0.15) is 21.9 Å². The third-order valence-corrected chi connectivity index (χ3v) is 6.73. The van der Waals surface area contributed by atoms with Crippen molar-refractivity contribution in [2.75, 3.05) is 11.9 Å². The van der Waals surface area contributed by atoms with Crippen molar-refractivity contribution in [3.8, 4) is 0 Å². The lowest BCUT2D eigenvalue weighted by molar-refractivity contribution is -0.127. The van der Waals surface area contributed by atoms with Gasteiger partial charge in [0.05, 0.1) is 11.4 Å². The molecule has 1 aliphatic heterocycles. The summed E-state index contributed by atoms with van der Waals surface area (Å²) >= 11 is 6.69. The highest BCUT2D eigenvalue weighted by Gasteiger charge is 2.36. The number of benzene rings is 2. The molecule has 1 aliphatic rings. The SMILES string of the molecule is O=C(CN1C(=O)S/C(=C\c2cn(Cc3ccc(C(=O)O)o3)c3ccccc23)C1=O)Nc1cccc(Cl)c1. The van der Waals surface area contributed by atoms with E-state index in [1.54, 1.807) is 42.6 Å². The molecule has 2 N–H and O–H groups in total. The van der Waals surface area contributed by atoms with Gasteiger partial charge in [0.25, 0.3) is 11.1 Å². The van der Waals surface area contributed by atoms with E-state index in [0.717, 1.165) is 27.6 Å². The van der Waals surface area contributed by atoms with Crippen molar-refractivity contribution in [3.05, 3.63) is 93.9 Å². The predicted octanol–water partition coefficient (Wildman–Crippen LogP) is 5.31. The van der Waals surface area contributed by atoms with Crippen LogP contribution in [-0.4, -0.2) is 44.1 Å². The van der Waals surface area contributed by atoms with Crippen LogP contribution >= 0.6 is 23.4 Å².